The summed E-state index contributed by atoms with van der Waals surface area (Å²) in [5, 5.41) is 1.49. The van der Waals surface area contributed by atoms with Crippen LogP contribution in [0.4, 0.5) is 5.82 Å². The van der Waals surface area contributed by atoms with Gasteiger partial charge in [-0.1, -0.05) is 25.0 Å². The fourth-order valence-corrected chi connectivity index (χ4v) is 4.09. The van der Waals surface area contributed by atoms with Crippen LogP contribution in [-0.2, 0) is 0 Å². The first kappa shape index (κ1) is 12.4. The van der Waals surface area contributed by atoms with Crippen LogP contribution in [0.5, 0.6) is 0 Å². The van der Waals surface area contributed by atoms with Crippen LogP contribution < -0.4 is 4.90 Å². The van der Waals surface area contributed by atoms with Gasteiger partial charge in [0.2, 0.25) is 5.28 Å². The Hall–Kier alpha value is -1.35. The van der Waals surface area contributed by atoms with E-state index in [1.165, 1.54) is 32.1 Å². The second kappa shape index (κ2) is 4.88. The van der Waals surface area contributed by atoms with E-state index in [2.05, 4.69) is 27.0 Å². The third kappa shape index (κ3) is 1.96. The number of halogens is 1. The molecule has 3 nitrogen and oxygen atoms in total. The standard InChI is InChI=1S/C16H18ClN3/c17-16-18-13-7-3-2-6-12(13)15(19-16)20-10-9-11-5-1-4-8-14(11)20/h2-3,6-7,11,14H,1,4-5,8-10H2. The smallest absolute Gasteiger partial charge is 0.224 e. The van der Waals surface area contributed by atoms with Crippen molar-refractivity contribution in [2.45, 2.75) is 38.1 Å². The minimum Gasteiger partial charge on any atom is -0.353 e. The summed E-state index contributed by atoms with van der Waals surface area (Å²) in [5.41, 5.74) is 0.946. The average Bonchev–Trinajstić information content (AvgIpc) is 2.90. The highest BCUT2D eigenvalue weighted by Crippen LogP contribution is 2.40. The zero-order valence-corrected chi connectivity index (χ0v) is 12.2. The molecule has 2 aliphatic rings. The monoisotopic (exact) mass is 287 g/mol. The molecule has 20 heavy (non-hydrogen) atoms. The largest absolute Gasteiger partial charge is 0.353 e. The van der Waals surface area contributed by atoms with Crippen LogP contribution in [0.3, 0.4) is 0 Å². The minimum atomic E-state index is 0.359. The SMILES string of the molecule is Clc1nc(N2CCC3CCCCC32)c2ccccc2n1. The number of anilines is 1. The van der Waals surface area contributed by atoms with Crippen LogP contribution in [0.1, 0.15) is 32.1 Å². The van der Waals surface area contributed by atoms with Gasteiger partial charge in [0, 0.05) is 18.0 Å². The first-order chi connectivity index (χ1) is 9.83. The molecule has 1 saturated heterocycles. The predicted octanol–water partition coefficient (Wildman–Crippen LogP) is 4.05. The van der Waals surface area contributed by atoms with E-state index in [0.29, 0.717) is 11.3 Å². The van der Waals surface area contributed by atoms with Crippen LogP contribution in [0.25, 0.3) is 10.9 Å². The van der Waals surface area contributed by atoms with E-state index in [1.807, 2.05) is 12.1 Å². The summed E-state index contributed by atoms with van der Waals surface area (Å²) in [6.07, 6.45) is 6.69. The lowest BCUT2D eigenvalue weighted by molar-refractivity contribution is 0.341. The Balaban J connectivity index is 1.81. The lowest BCUT2D eigenvalue weighted by atomic mass is 9.85. The summed E-state index contributed by atoms with van der Waals surface area (Å²) in [6, 6.07) is 8.83. The molecule has 2 unspecified atom stereocenters. The molecule has 1 aliphatic heterocycles. The molecule has 4 heteroatoms. The Labute approximate surface area is 124 Å². The molecule has 0 radical (unpaired) electrons. The fraction of sp³-hybridized carbons (Fsp3) is 0.500. The summed E-state index contributed by atoms with van der Waals surface area (Å²) >= 11 is 6.13. The summed E-state index contributed by atoms with van der Waals surface area (Å²) in [7, 11) is 0. The van der Waals surface area contributed by atoms with Crippen molar-refractivity contribution in [1.82, 2.24) is 9.97 Å². The van der Waals surface area contributed by atoms with Gasteiger partial charge in [-0.15, -0.1) is 0 Å². The molecule has 1 aliphatic carbocycles. The highest BCUT2D eigenvalue weighted by molar-refractivity contribution is 6.28. The number of fused-ring (bicyclic) bond motifs is 2. The number of para-hydroxylation sites is 1. The highest BCUT2D eigenvalue weighted by atomic mass is 35.5. The van der Waals surface area contributed by atoms with Gasteiger partial charge in [-0.25, -0.2) is 4.98 Å². The first-order valence-electron chi connectivity index (χ1n) is 7.52. The van der Waals surface area contributed by atoms with Crippen LogP contribution in [0, 0.1) is 5.92 Å². The predicted molar refractivity (Wildman–Crippen MR) is 82.3 cm³/mol. The lowest BCUT2D eigenvalue weighted by Gasteiger charge is -2.32. The third-order valence-corrected chi connectivity index (χ3v) is 5.01. The summed E-state index contributed by atoms with van der Waals surface area (Å²) in [4.78, 5) is 11.4. The molecule has 0 spiro atoms. The van der Waals surface area contributed by atoms with Crippen LogP contribution >= 0.6 is 11.6 Å². The summed E-state index contributed by atoms with van der Waals surface area (Å²) in [5.74, 6) is 1.88. The molecule has 1 aromatic carbocycles. The van der Waals surface area contributed by atoms with Crippen molar-refractivity contribution in [3.63, 3.8) is 0 Å². The molecule has 2 atom stereocenters. The third-order valence-electron chi connectivity index (χ3n) is 4.84. The fourth-order valence-electron chi connectivity index (χ4n) is 3.92. The normalized spacial score (nSPS) is 25.9. The van der Waals surface area contributed by atoms with Gasteiger partial charge in [0.05, 0.1) is 5.52 Å². The molecule has 1 aromatic heterocycles. The van der Waals surface area contributed by atoms with Gasteiger partial charge in [-0.2, -0.15) is 4.98 Å². The molecule has 0 N–H and O–H groups in total. The van der Waals surface area contributed by atoms with Crippen molar-refractivity contribution < 1.29 is 0 Å². The van der Waals surface area contributed by atoms with E-state index in [1.54, 1.807) is 0 Å². The lowest BCUT2D eigenvalue weighted by Crippen LogP contribution is -2.35. The molecule has 0 bridgehead atoms. The topological polar surface area (TPSA) is 29.0 Å². The van der Waals surface area contributed by atoms with Crippen molar-refractivity contribution in [2.75, 3.05) is 11.4 Å². The second-order valence-corrected chi connectivity index (χ2v) is 6.27. The molecule has 2 fully saturated rings. The van der Waals surface area contributed by atoms with E-state index in [9.17, 15) is 0 Å². The van der Waals surface area contributed by atoms with Gasteiger partial charge in [-0.05, 0) is 48.9 Å². The Kier molecular flexibility index (Phi) is 3.03. The van der Waals surface area contributed by atoms with Crippen LogP contribution in [-0.4, -0.2) is 22.6 Å². The molecule has 4 rings (SSSR count). The number of rotatable bonds is 1. The Morgan fingerprint density at radius 2 is 1.90 bits per heavy atom. The van der Waals surface area contributed by atoms with Gasteiger partial charge >= 0.3 is 0 Å². The van der Waals surface area contributed by atoms with Gasteiger partial charge < -0.3 is 4.90 Å². The zero-order valence-electron chi connectivity index (χ0n) is 11.4. The molecular formula is C16H18ClN3. The first-order valence-corrected chi connectivity index (χ1v) is 7.89. The maximum absolute atomic E-state index is 6.13. The number of nitrogens with zero attached hydrogens (tertiary/aromatic N) is 3. The van der Waals surface area contributed by atoms with Crippen molar-refractivity contribution in [3.8, 4) is 0 Å². The molecule has 0 amide bonds. The van der Waals surface area contributed by atoms with Crippen molar-refractivity contribution in [1.29, 1.82) is 0 Å². The quantitative estimate of drug-likeness (QED) is 0.741. The highest BCUT2D eigenvalue weighted by Gasteiger charge is 2.37. The Morgan fingerprint density at radius 3 is 2.85 bits per heavy atom. The van der Waals surface area contributed by atoms with Gasteiger partial charge in [0.1, 0.15) is 5.82 Å². The van der Waals surface area contributed by atoms with Gasteiger partial charge in [0.15, 0.2) is 0 Å². The van der Waals surface area contributed by atoms with E-state index in [4.69, 9.17) is 11.6 Å². The average molecular weight is 288 g/mol. The number of hydrogen-bond acceptors (Lipinski definition) is 3. The number of aromatic nitrogens is 2. The molecule has 2 heterocycles. The van der Waals surface area contributed by atoms with Crippen molar-refractivity contribution in [3.05, 3.63) is 29.5 Å². The Bertz CT molecular complexity index is 643. The number of hydrogen-bond donors (Lipinski definition) is 0. The summed E-state index contributed by atoms with van der Waals surface area (Å²) in [6.45, 7) is 1.10. The van der Waals surface area contributed by atoms with E-state index < -0.39 is 0 Å². The zero-order chi connectivity index (χ0) is 13.5. The number of benzene rings is 1. The minimum absolute atomic E-state index is 0.359. The van der Waals surface area contributed by atoms with Gasteiger partial charge in [0.25, 0.3) is 0 Å². The van der Waals surface area contributed by atoms with Crippen molar-refractivity contribution in [2.24, 2.45) is 5.92 Å². The van der Waals surface area contributed by atoms with E-state index >= 15 is 0 Å². The molecule has 1 saturated carbocycles. The molecule has 2 aromatic rings. The van der Waals surface area contributed by atoms with Crippen LogP contribution in [0.15, 0.2) is 24.3 Å². The second-order valence-electron chi connectivity index (χ2n) is 5.93. The van der Waals surface area contributed by atoms with Gasteiger partial charge in [-0.3, -0.25) is 0 Å². The van der Waals surface area contributed by atoms with Crippen molar-refractivity contribution >= 4 is 28.3 Å². The maximum Gasteiger partial charge on any atom is 0.224 e. The summed E-state index contributed by atoms with van der Waals surface area (Å²) < 4.78 is 0. The molecule has 104 valence electrons. The van der Waals surface area contributed by atoms with E-state index in [0.717, 1.165) is 29.2 Å². The van der Waals surface area contributed by atoms with E-state index in [-0.39, 0.29) is 0 Å². The maximum atomic E-state index is 6.13. The van der Waals surface area contributed by atoms with Crippen LogP contribution in [0.2, 0.25) is 5.28 Å². The Morgan fingerprint density at radius 1 is 1.05 bits per heavy atom. The molecular weight excluding hydrogens is 270 g/mol.